The van der Waals surface area contributed by atoms with E-state index in [1.165, 1.54) is 25.1 Å². The summed E-state index contributed by atoms with van der Waals surface area (Å²) >= 11 is 0. The lowest BCUT2D eigenvalue weighted by atomic mass is 9.49. The Kier molecular flexibility index (Phi) is 6.46. The van der Waals surface area contributed by atoms with Crippen molar-refractivity contribution in [2.75, 3.05) is 7.11 Å². The molecule has 2 aliphatic carbocycles. The van der Waals surface area contributed by atoms with Crippen LogP contribution in [-0.2, 0) is 36.5 Å². The number of hydrogen-bond acceptors (Lipinski definition) is 4. The Balaban J connectivity index is 1.41. The van der Waals surface area contributed by atoms with Crippen LogP contribution in [0.3, 0.4) is 0 Å². The van der Waals surface area contributed by atoms with E-state index in [0.717, 1.165) is 52.2 Å². The summed E-state index contributed by atoms with van der Waals surface area (Å²) in [7, 11) is 0.805. The number of carbonyl (C=O) groups excluding carboxylic acids is 1. The zero-order valence-corrected chi connectivity index (χ0v) is 23.5. The molecule has 0 aliphatic heterocycles. The van der Waals surface area contributed by atoms with Crippen molar-refractivity contribution in [3.05, 3.63) is 83.4 Å². The number of carboxylic acids is 1. The molecule has 220 valence electrons. The van der Waals surface area contributed by atoms with E-state index in [-0.39, 0.29) is 6.42 Å². The van der Waals surface area contributed by atoms with Crippen molar-refractivity contribution >= 4 is 33.7 Å². The molecule has 0 radical (unpaired) electrons. The minimum atomic E-state index is -5.16. The van der Waals surface area contributed by atoms with E-state index in [9.17, 15) is 27.9 Å². The molecule has 1 heterocycles. The second-order valence-electron chi connectivity index (χ2n) is 12.0. The second-order valence-corrected chi connectivity index (χ2v) is 12.0. The smallest absolute Gasteiger partial charge is 0.432 e. The van der Waals surface area contributed by atoms with Crippen molar-refractivity contribution in [3.8, 4) is 0 Å². The number of hydrogen-bond donors (Lipinski definition) is 2. The quantitative estimate of drug-likeness (QED) is 0.248. The monoisotopic (exact) mass is 579 g/mol. The number of nitrogens with one attached hydrogen (secondary N) is 1. The van der Waals surface area contributed by atoms with Gasteiger partial charge < -0.3 is 19.6 Å². The number of para-hydroxylation sites is 1. The molecule has 0 unspecified atom stereocenters. The van der Waals surface area contributed by atoms with E-state index in [1.807, 2.05) is 31.2 Å². The minimum absolute atomic E-state index is 0.0827. The Morgan fingerprint density at radius 2 is 1.64 bits per heavy atom. The van der Waals surface area contributed by atoms with Gasteiger partial charge >= 0.3 is 18.1 Å². The first-order valence-corrected chi connectivity index (χ1v) is 14.0. The van der Waals surface area contributed by atoms with Crippen LogP contribution in [0.5, 0.6) is 0 Å². The molecular weight excluding hydrogens is 547 g/mol. The van der Waals surface area contributed by atoms with Crippen LogP contribution < -0.4 is 0 Å². The van der Waals surface area contributed by atoms with Crippen LogP contribution in [0.25, 0.3) is 21.8 Å². The summed E-state index contributed by atoms with van der Waals surface area (Å²) in [6.07, 6.45) is -4.84. The van der Waals surface area contributed by atoms with Crippen LogP contribution in [0.4, 0.5) is 13.2 Å². The zero-order valence-electron chi connectivity index (χ0n) is 23.5. The maximum atomic E-state index is 14.6. The molecule has 4 aromatic rings. The number of H-pyrrole nitrogens is 1. The number of aliphatic carboxylic acids is 1. The number of methoxy groups -OCH3 is 1. The SMILES string of the molecule is CO[C@](C(=O)O[C@H]1CC[C@]2(C)c3cc4c(cc3CC[C@H]2[C@@]1(C)C(=O)O)[nH]c1ccccc14)(c1ccccc1)C(F)(F)F. The molecule has 0 saturated heterocycles. The number of halogens is 3. The highest BCUT2D eigenvalue weighted by Gasteiger charge is 2.67. The van der Waals surface area contributed by atoms with Gasteiger partial charge in [0.1, 0.15) is 11.5 Å². The van der Waals surface area contributed by atoms with Gasteiger partial charge in [0.15, 0.2) is 0 Å². The first-order chi connectivity index (χ1) is 19.9. The van der Waals surface area contributed by atoms with Crippen LogP contribution in [0.2, 0.25) is 0 Å². The number of esters is 1. The van der Waals surface area contributed by atoms with Gasteiger partial charge in [-0.05, 0) is 73.3 Å². The highest BCUT2D eigenvalue weighted by molar-refractivity contribution is 6.07. The van der Waals surface area contributed by atoms with E-state index in [2.05, 4.69) is 17.1 Å². The number of aromatic nitrogens is 1. The van der Waals surface area contributed by atoms with Crippen LogP contribution in [0, 0.1) is 11.3 Å². The Labute approximate surface area is 240 Å². The molecule has 1 saturated carbocycles. The first kappa shape index (κ1) is 28.3. The van der Waals surface area contributed by atoms with Crippen LogP contribution in [0.15, 0.2) is 66.7 Å². The summed E-state index contributed by atoms with van der Waals surface area (Å²) in [5.74, 6) is -3.37. The Bertz CT molecular complexity index is 1700. The van der Waals surface area contributed by atoms with Gasteiger partial charge in [-0.3, -0.25) is 4.79 Å². The average molecular weight is 580 g/mol. The molecular formula is C33H32F3NO5. The third-order valence-corrected chi connectivity index (χ3v) is 10.0. The van der Waals surface area contributed by atoms with Crippen molar-refractivity contribution in [2.24, 2.45) is 11.3 Å². The fourth-order valence-electron chi connectivity index (χ4n) is 7.78. The predicted octanol–water partition coefficient (Wildman–Crippen LogP) is 7.04. The van der Waals surface area contributed by atoms with Crippen LogP contribution >= 0.6 is 0 Å². The van der Waals surface area contributed by atoms with Crippen molar-refractivity contribution in [1.29, 1.82) is 0 Å². The first-order valence-electron chi connectivity index (χ1n) is 14.0. The highest BCUT2D eigenvalue weighted by atomic mass is 19.4. The number of rotatable bonds is 5. The molecule has 2 aliphatic rings. The lowest BCUT2D eigenvalue weighted by molar-refractivity contribution is -0.281. The Hall–Kier alpha value is -3.85. The van der Waals surface area contributed by atoms with Gasteiger partial charge in [0.2, 0.25) is 0 Å². The summed E-state index contributed by atoms with van der Waals surface area (Å²) in [5.41, 5.74) is -1.90. The highest BCUT2D eigenvalue weighted by Crippen LogP contribution is 2.59. The molecule has 0 bridgehead atoms. The number of benzene rings is 3. The maximum absolute atomic E-state index is 14.6. The average Bonchev–Trinajstić information content (AvgIpc) is 3.32. The number of aromatic amines is 1. The maximum Gasteiger partial charge on any atom is 0.432 e. The zero-order chi connectivity index (χ0) is 30.1. The molecule has 0 amide bonds. The third kappa shape index (κ3) is 3.82. The van der Waals surface area contributed by atoms with Crippen molar-refractivity contribution in [1.82, 2.24) is 4.98 Å². The van der Waals surface area contributed by atoms with E-state index < -0.39 is 52.1 Å². The van der Waals surface area contributed by atoms with Crippen LogP contribution in [-0.4, -0.2) is 41.4 Å². The molecule has 1 fully saturated rings. The summed E-state index contributed by atoms with van der Waals surface area (Å²) in [6, 6.07) is 18.8. The lowest BCUT2D eigenvalue weighted by Crippen LogP contribution is -2.61. The van der Waals surface area contributed by atoms with E-state index in [1.54, 1.807) is 0 Å². The lowest BCUT2D eigenvalue weighted by Gasteiger charge is -2.56. The van der Waals surface area contributed by atoms with Gasteiger partial charge in [-0.2, -0.15) is 13.2 Å². The summed E-state index contributed by atoms with van der Waals surface area (Å²) in [6.45, 7) is 3.55. The molecule has 6 nitrogen and oxygen atoms in total. The Morgan fingerprint density at radius 3 is 2.31 bits per heavy atom. The fraction of sp³-hybridized carbons (Fsp3) is 0.394. The Morgan fingerprint density at radius 1 is 0.952 bits per heavy atom. The van der Waals surface area contributed by atoms with Gasteiger partial charge in [-0.1, -0.05) is 55.5 Å². The fourth-order valence-corrected chi connectivity index (χ4v) is 7.78. The van der Waals surface area contributed by atoms with Crippen LogP contribution in [0.1, 0.15) is 49.8 Å². The molecule has 1 aromatic heterocycles. The molecule has 6 rings (SSSR count). The number of carbonyl (C=O) groups is 2. The number of ether oxygens (including phenoxy) is 2. The summed E-state index contributed by atoms with van der Waals surface area (Å²) < 4.78 is 54.3. The summed E-state index contributed by atoms with van der Waals surface area (Å²) in [4.78, 5) is 30.1. The van der Waals surface area contributed by atoms with Gasteiger partial charge in [-0.15, -0.1) is 0 Å². The van der Waals surface area contributed by atoms with Gasteiger partial charge in [0.05, 0.1) is 0 Å². The third-order valence-electron chi connectivity index (χ3n) is 10.0. The van der Waals surface area contributed by atoms with Crippen molar-refractivity contribution < 1.29 is 37.3 Å². The van der Waals surface area contributed by atoms with Gasteiger partial charge in [-0.25, -0.2) is 4.79 Å². The topological polar surface area (TPSA) is 88.6 Å². The molecule has 2 N–H and O–H groups in total. The number of carboxylic acid groups (broad SMARTS) is 1. The molecule has 0 spiro atoms. The standard InChI is InChI=1S/C33H32F3NO5/c1-30-16-15-27(42-29(40)32(41-3,33(34,35)36)20-9-5-4-6-10-20)31(2,28(38)39)26(30)14-13-19-17-25-22(18-23(19)30)21-11-7-8-12-24(21)37-25/h4-12,17-18,26-27,37H,13-16H2,1-3H3,(H,38,39)/t26-,27+,30-,31-,32+/m1/s1. The van der Waals surface area contributed by atoms with E-state index in [0.29, 0.717) is 19.3 Å². The number of alkyl halides is 3. The summed E-state index contributed by atoms with van der Waals surface area (Å²) in [5, 5.41) is 12.7. The predicted molar refractivity (Wildman–Crippen MR) is 151 cm³/mol. The number of aryl methyl sites for hydroxylation is 1. The molecule has 9 heteroatoms. The number of fused-ring (bicyclic) bond motifs is 6. The normalized spacial score (nSPS) is 27.2. The molecule has 3 aromatic carbocycles. The van der Waals surface area contributed by atoms with Gasteiger partial charge in [0.25, 0.3) is 5.60 Å². The van der Waals surface area contributed by atoms with E-state index >= 15 is 0 Å². The molecule has 5 atom stereocenters. The van der Waals surface area contributed by atoms with E-state index in [4.69, 9.17) is 9.47 Å². The van der Waals surface area contributed by atoms with Gasteiger partial charge in [0, 0.05) is 34.5 Å². The second kappa shape index (κ2) is 9.59. The minimum Gasteiger partial charge on any atom is -0.481 e. The largest absolute Gasteiger partial charge is 0.481 e. The van der Waals surface area contributed by atoms with Crippen molar-refractivity contribution in [2.45, 2.75) is 62.8 Å². The van der Waals surface area contributed by atoms with Crippen molar-refractivity contribution in [3.63, 3.8) is 0 Å². The molecule has 42 heavy (non-hydrogen) atoms.